The predicted octanol–water partition coefficient (Wildman–Crippen LogP) is 0.128. The maximum Gasteiger partial charge on any atom is 0.220 e. The Morgan fingerprint density at radius 2 is 2.06 bits per heavy atom. The van der Waals surface area contributed by atoms with E-state index in [1.807, 2.05) is 0 Å². The molecule has 0 fully saturated rings. The lowest BCUT2D eigenvalue weighted by molar-refractivity contribution is -0.121. The Morgan fingerprint density at radius 1 is 1.44 bits per heavy atom. The van der Waals surface area contributed by atoms with Crippen molar-refractivity contribution in [3.8, 4) is 5.75 Å². The Labute approximate surface area is 108 Å². The smallest absolute Gasteiger partial charge is 0.220 e. The normalized spacial score (nSPS) is 13.9. The molecule has 7 heteroatoms. The van der Waals surface area contributed by atoms with E-state index >= 15 is 0 Å². The first-order chi connectivity index (χ1) is 8.36. The number of phenolic OH excluding ortho intramolecular Hbond substituents is 1. The monoisotopic (exact) mass is 273 g/mol. The third-order valence-corrected chi connectivity index (χ3v) is 2.57. The minimum absolute atomic E-state index is 0.107. The number of carbonyl (C=O) groups is 2. The molecule has 0 aliphatic heterocycles. The van der Waals surface area contributed by atoms with Gasteiger partial charge in [0, 0.05) is 10.6 Å². The quantitative estimate of drug-likeness (QED) is 0.568. The Balaban J connectivity index is 3.12. The number of aliphatic hydroxyl groups is 2. The van der Waals surface area contributed by atoms with Crippen LogP contribution < -0.4 is 5.73 Å². The second-order valence-electron chi connectivity index (χ2n) is 3.73. The van der Waals surface area contributed by atoms with Crippen LogP contribution in [0.3, 0.4) is 0 Å². The van der Waals surface area contributed by atoms with Crippen LogP contribution in [0.2, 0.25) is 5.02 Å². The van der Waals surface area contributed by atoms with E-state index in [0.29, 0.717) is 6.29 Å². The molecular formula is C11H12ClNO5. The number of carbonyl (C=O) groups excluding carboxylic acids is 2. The van der Waals surface area contributed by atoms with Crippen LogP contribution >= 0.6 is 11.6 Å². The van der Waals surface area contributed by atoms with Gasteiger partial charge in [-0.15, -0.1) is 0 Å². The molecule has 0 saturated heterocycles. The summed E-state index contributed by atoms with van der Waals surface area (Å²) in [6.07, 6.45) is -3.19. The molecule has 0 radical (unpaired) electrons. The first-order valence-electron chi connectivity index (χ1n) is 4.98. The summed E-state index contributed by atoms with van der Waals surface area (Å²) in [4.78, 5) is 21.3. The molecule has 1 aromatic carbocycles. The molecule has 0 bridgehead atoms. The summed E-state index contributed by atoms with van der Waals surface area (Å²) in [6, 6.07) is 2.40. The van der Waals surface area contributed by atoms with Crippen LogP contribution in [0.25, 0.3) is 0 Å². The van der Waals surface area contributed by atoms with Crippen LogP contribution in [0, 0.1) is 0 Å². The summed E-state index contributed by atoms with van der Waals surface area (Å²) in [5.74, 6) is -1.30. The first-order valence-corrected chi connectivity index (χ1v) is 5.36. The Morgan fingerprint density at radius 3 is 2.56 bits per heavy atom. The summed E-state index contributed by atoms with van der Waals surface area (Å²) in [6.45, 7) is 0. The molecule has 0 saturated carbocycles. The standard InChI is InChI=1S/C11H12ClNO5/c12-6-1-5(4-14)10(17)7(2-6)11(18)8(15)3-9(13)16/h1-2,4,8,11,15,17-18H,3H2,(H2,13,16). The number of hydrogen-bond acceptors (Lipinski definition) is 5. The van der Waals surface area contributed by atoms with Crippen LogP contribution in [-0.2, 0) is 4.79 Å². The molecule has 0 heterocycles. The van der Waals surface area contributed by atoms with E-state index in [1.54, 1.807) is 0 Å². The fourth-order valence-electron chi connectivity index (χ4n) is 1.48. The van der Waals surface area contributed by atoms with Crippen molar-refractivity contribution >= 4 is 23.8 Å². The maximum atomic E-state index is 10.7. The Kier molecular flexibility index (Phi) is 4.66. The van der Waals surface area contributed by atoms with E-state index in [0.717, 1.165) is 0 Å². The van der Waals surface area contributed by atoms with Gasteiger partial charge in [-0.25, -0.2) is 0 Å². The van der Waals surface area contributed by atoms with Crippen molar-refractivity contribution in [1.82, 2.24) is 0 Å². The van der Waals surface area contributed by atoms with Gasteiger partial charge < -0.3 is 21.1 Å². The summed E-state index contributed by atoms with van der Waals surface area (Å²) >= 11 is 5.70. The second-order valence-corrected chi connectivity index (χ2v) is 4.17. The SMILES string of the molecule is NC(=O)CC(O)C(O)c1cc(Cl)cc(C=O)c1O. The average molecular weight is 274 g/mol. The van der Waals surface area contributed by atoms with E-state index < -0.39 is 30.3 Å². The van der Waals surface area contributed by atoms with Crippen molar-refractivity contribution in [2.75, 3.05) is 0 Å². The van der Waals surface area contributed by atoms with Crippen LogP contribution in [0.1, 0.15) is 28.4 Å². The van der Waals surface area contributed by atoms with Crippen molar-refractivity contribution in [1.29, 1.82) is 0 Å². The lowest BCUT2D eigenvalue weighted by atomic mass is 9.99. The van der Waals surface area contributed by atoms with Gasteiger partial charge in [-0.05, 0) is 12.1 Å². The Bertz CT molecular complexity index is 477. The molecular weight excluding hydrogens is 262 g/mol. The summed E-state index contributed by atoms with van der Waals surface area (Å²) in [5, 5.41) is 29.1. The van der Waals surface area contributed by atoms with E-state index in [1.165, 1.54) is 12.1 Å². The number of amides is 1. The molecule has 5 N–H and O–H groups in total. The number of rotatable bonds is 5. The van der Waals surface area contributed by atoms with Gasteiger partial charge in [-0.3, -0.25) is 9.59 Å². The number of halogens is 1. The molecule has 1 amide bonds. The number of hydrogen-bond donors (Lipinski definition) is 4. The third-order valence-electron chi connectivity index (χ3n) is 2.35. The van der Waals surface area contributed by atoms with E-state index in [9.17, 15) is 24.9 Å². The topological polar surface area (TPSA) is 121 Å². The number of primary amides is 1. The highest BCUT2D eigenvalue weighted by Crippen LogP contribution is 2.32. The highest BCUT2D eigenvalue weighted by molar-refractivity contribution is 6.31. The molecule has 2 atom stereocenters. The van der Waals surface area contributed by atoms with Crippen molar-refractivity contribution in [2.24, 2.45) is 5.73 Å². The summed E-state index contributed by atoms with van der Waals surface area (Å²) in [5.41, 5.74) is 4.62. The Hall–Kier alpha value is -1.63. The lowest BCUT2D eigenvalue weighted by Gasteiger charge is -2.18. The van der Waals surface area contributed by atoms with Crippen molar-refractivity contribution in [3.63, 3.8) is 0 Å². The molecule has 1 aromatic rings. The number of aldehydes is 1. The predicted molar refractivity (Wildman–Crippen MR) is 63.3 cm³/mol. The van der Waals surface area contributed by atoms with Gasteiger partial charge in [0.1, 0.15) is 11.9 Å². The van der Waals surface area contributed by atoms with Gasteiger partial charge >= 0.3 is 0 Å². The molecule has 2 unspecified atom stereocenters. The minimum atomic E-state index is -1.57. The molecule has 0 aliphatic rings. The van der Waals surface area contributed by atoms with E-state index in [-0.39, 0.29) is 16.1 Å². The zero-order valence-corrected chi connectivity index (χ0v) is 9.96. The van der Waals surface area contributed by atoms with Gasteiger partial charge in [-0.1, -0.05) is 11.6 Å². The minimum Gasteiger partial charge on any atom is -0.507 e. The van der Waals surface area contributed by atoms with Crippen molar-refractivity contribution in [2.45, 2.75) is 18.6 Å². The van der Waals surface area contributed by atoms with Gasteiger partial charge in [0.2, 0.25) is 5.91 Å². The summed E-state index contributed by atoms with van der Waals surface area (Å²) in [7, 11) is 0. The third kappa shape index (κ3) is 3.19. The zero-order chi connectivity index (χ0) is 13.9. The highest BCUT2D eigenvalue weighted by atomic mass is 35.5. The number of aromatic hydroxyl groups is 1. The molecule has 0 aromatic heterocycles. The van der Waals surface area contributed by atoms with Crippen molar-refractivity contribution in [3.05, 3.63) is 28.3 Å². The number of nitrogens with two attached hydrogens (primary N) is 1. The van der Waals surface area contributed by atoms with E-state index in [2.05, 4.69) is 0 Å². The molecule has 6 nitrogen and oxygen atoms in total. The molecule has 0 aliphatic carbocycles. The molecule has 1 rings (SSSR count). The van der Waals surface area contributed by atoms with Gasteiger partial charge in [0.25, 0.3) is 0 Å². The average Bonchev–Trinajstić information content (AvgIpc) is 2.29. The van der Waals surface area contributed by atoms with Crippen LogP contribution in [0.5, 0.6) is 5.75 Å². The molecule has 98 valence electrons. The van der Waals surface area contributed by atoms with Crippen LogP contribution in [0.15, 0.2) is 12.1 Å². The van der Waals surface area contributed by atoms with Gasteiger partial charge in [0.05, 0.1) is 18.1 Å². The lowest BCUT2D eigenvalue weighted by Crippen LogP contribution is -2.25. The molecule has 0 spiro atoms. The van der Waals surface area contributed by atoms with Gasteiger partial charge in [0.15, 0.2) is 6.29 Å². The fourth-order valence-corrected chi connectivity index (χ4v) is 1.72. The largest absolute Gasteiger partial charge is 0.507 e. The molecule has 18 heavy (non-hydrogen) atoms. The second kappa shape index (κ2) is 5.81. The van der Waals surface area contributed by atoms with Crippen molar-refractivity contribution < 1.29 is 24.9 Å². The number of benzene rings is 1. The van der Waals surface area contributed by atoms with Crippen LogP contribution in [-0.4, -0.2) is 33.6 Å². The van der Waals surface area contributed by atoms with Crippen LogP contribution in [0.4, 0.5) is 0 Å². The number of phenols is 1. The fraction of sp³-hybridized carbons (Fsp3) is 0.273. The van der Waals surface area contributed by atoms with Gasteiger partial charge in [-0.2, -0.15) is 0 Å². The zero-order valence-electron chi connectivity index (χ0n) is 9.21. The van der Waals surface area contributed by atoms with E-state index in [4.69, 9.17) is 17.3 Å². The number of aliphatic hydroxyl groups excluding tert-OH is 2. The maximum absolute atomic E-state index is 10.7. The summed E-state index contributed by atoms with van der Waals surface area (Å²) < 4.78 is 0. The highest BCUT2D eigenvalue weighted by Gasteiger charge is 2.24. The first kappa shape index (κ1) is 14.4.